The summed E-state index contributed by atoms with van der Waals surface area (Å²) in [5, 5.41) is 4.43. The van der Waals surface area contributed by atoms with E-state index in [-0.39, 0.29) is 11.9 Å². The summed E-state index contributed by atoms with van der Waals surface area (Å²) in [6, 6.07) is 20.1. The number of likely N-dealkylation sites (tertiary alicyclic amines) is 1. The van der Waals surface area contributed by atoms with Gasteiger partial charge in [0.2, 0.25) is 0 Å². The van der Waals surface area contributed by atoms with Crippen molar-refractivity contribution >= 4 is 11.7 Å². The highest BCUT2D eigenvalue weighted by molar-refractivity contribution is 6.12. The second-order valence-electron chi connectivity index (χ2n) is 6.90. The van der Waals surface area contributed by atoms with Crippen LogP contribution in [-0.4, -0.2) is 49.4 Å². The number of carbonyl (C=O) groups is 1. The summed E-state index contributed by atoms with van der Waals surface area (Å²) in [6.07, 6.45) is 1.91. The first-order valence-electron chi connectivity index (χ1n) is 9.97. The molecule has 1 aliphatic rings. The molecule has 0 spiro atoms. The van der Waals surface area contributed by atoms with Crippen molar-refractivity contribution in [3.8, 4) is 0 Å². The van der Waals surface area contributed by atoms with Crippen LogP contribution in [0.15, 0.2) is 65.8 Å². The highest BCUT2D eigenvalue weighted by atomic mass is 16.6. The lowest BCUT2D eigenvalue weighted by Crippen LogP contribution is -2.40. The quantitative estimate of drug-likeness (QED) is 0.303. The maximum Gasteiger partial charge on any atom is 0.310 e. The van der Waals surface area contributed by atoms with Crippen molar-refractivity contribution in [1.82, 2.24) is 4.90 Å². The molecule has 1 unspecified atom stereocenters. The van der Waals surface area contributed by atoms with E-state index >= 15 is 0 Å². The summed E-state index contributed by atoms with van der Waals surface area (Å²) in [5.41, 5.74) is 2.87. The highest BCUT2D eigenvalue weighted by Gasteiger charge is 2.26. The van der Waals surface area contributed by atoms with Gasteiger partial charge in [0, 0.05) is 24.2 Å². The second-order valence-corrected chi connectivity index (χ2v) is 6.90. The molecule has 1 aliphatic heterocycles. The smallest absolute Gasteiger partial charge is 0.310 e. The number of hydrogen-bond donors (Lipinski definition) is 0. The normalized spacial score (nSPS) is 17.0. The Kier molecular flexibility index (Phi) is 7.62. The van der Waals surface area contributed by atoms with Crippen molar-refractivity contribution in [3.05, 3.63) is 71.8 Å². The summed E-state index contributed by atoms with van der Waals surface area (Å²) in [6.45, 7) is 5.23. The molecule has 2 aromatic rings. The molecule has 1 saturated heterocycles. The van der Waals surface area contributed by atoms with E-state index in [0.717, 1.165) is 49.3 Å². The fraction of sp³-hybridized carbons (Fsp3) is 0.391. The van der Waals surface area contributed by atoms with Crippen molar-refractivity contribution < 1.29 is 14.4 Å². The third-order valence-corrected chi connectivity index (χ3v) is 4.87. The minimum absolute atomic E-state index is 0.0265. The first kappa shape index (κ1) is 20.1. The topological polar surface area (TPSA) is 51.1 Å². The summed E-state index contributed by atoms with van der Waals surface area (Å²) >= 11 is 0. The number of oxime groups is 1. The molecule has 3 rings (SSSR count). The van der Waals surface area contributed by atoms with Gasteiger partial charge >= 0.3 is 5.97 Å². The Bertz CT molecular complexity index is 720. The Morgan fingerprint density at radius 3 is 2.32 bits per heavy atom. The van der Waals surface area contributed by atoms with E-state index in [1.54, 1.807) is 0 Å². The minimum Gasteiger partial charge on any atom is -0.466 e. The van der Waals surface area contributed by atoms with E-state index in [9.17, 15) is 4.79 Å². The number of rotatable bonds is 8. The van der Waals surface area contributed by atoms with Gasteiger partial charge in [-0.1, -0.05) is 65.8 Å². The van der Waals surface area contributed by atoms with Crippen LogP contribution >= 0.6 is 0 Å². The number of esters is 1. The zero-order valence-electron chi connectivity index (χ0n) is 16.4. The molecule has 0 amide bonds. The van der Waals surface area contributed by atoms with Gasteiger partial charge < -0.3 is 9.57 Å². The summed E-state index contributed by atoms with van der Waals surface area (Å²) in [4.78, 5) is 19.9. The van der Waals surface area contributed by atoms with Crippen molar-refractivity contribution in [1.29, 1.82) is 0 Å². The van der Waals surface area contributed by atoms with Crippen LogP contribution < -0.4 is 0 Å². The van der Waals surface area contributed by atoms with Gasteiger partial charge in [0.05, 0.1) is 12.5 Å². The predicted molar refractivity (Wildman–Crippen MR) is 110 cm³/mol. The fourth-order valence-electron chi connectivity index (χ4n) is 3.46. The Hall–Kier alpha value is -2.66. The SMILES string of the molecule is CCOC(=O)C1CCCN(CCON=C(c2ccccc2)c2ccccc2)C1. The second kappa shape index (κ2) is 10.6. The number of piperidine rings is 1. The number of carbonyl (C=O) groups excluding carboxylic acids is 1. The maximum absolute atomic E-state index is 12.0. The van der Waals surface area contributed by atoms with Crippen molar-refractivity contribution in [3.63, 3.8) is 0 Å². The Morgan fingerprint density at radius 2 is 1.71 bits per heavy atom. The monoisotopic (exact) mass is 380 g/mol. The number of ether oxygens (including phenoxy) is 1. The van der Waals surface area contributed by atoms with Crippen LogP contribution in [0.4, 0.5) is 0 Å². The average Bonchev–Trinajstić information content (AvgIpc) is 2.75. The molecule has 28 heavy (non-hydrogen) atoms. The van der Waals surface area contributed by atoms with Crippen molar-refractivity contribution in [2.45, 2.75) is 19.8 Å². The van der Waals surface area contributed by atoms with Gasteiger partial charge in [-0.2, -0.15) is 0 Å². The van der Waals surface area contributed by atoms with E-state index in [1.807, 2.05) is 67.6 Å². The van der Waals surface area contributed by atoms with Gasteiger partial charge in [-0.25, -0.2) is 0 Å². The van der Waals surface area contributed by atoms with Crippen molar-refractivity contribution in [2.75, 3.05) is 32.8 Å². The molecular formula is C23H28N2O3. The summed E-state index contributed by atoms with van der Waals surface area (Å²) < 4.78 is 5.17. The van der Waals surface area contributed by atoms with Gasteiger partial charge in [0.15, 0.2) is 0 Å². The fourth-order valence-corrected chi connectivity index (χ4v) is 3.46. The molecular weight excluding hydrogens is 352 g/mol. The van der Waals surface area contributed by atoms with Gasteiger partial charge in [-0.05, 0) is 26.3 Å². The zero-order valence-corrected chi connectivity index (χ0v) is 16.4. The molecule has 5 nitrogen and oxygen atoms in total. The van der Waals surface area contributed by atoms with Crippen LogP contribution in [0.2, 0.25) is 0 Å². The van der Waals surface area contributed by atoms with Gasteiger partial charge in [0.25, 0.3) is 0 Å². The van der Waals surface area contributed by atoms with Crippen LogP contribution in [0.25, 0.3) is 0 Å². The Balaban J connectivity index is 1.58. The van der Waals surface area contributed by atoms with Crippen LogP contribution in [0.5, 0.6) is 0 Å². The third kappa shape index (κ3) is 5.67. The summed E-state index contributed by atoms with van der Waals surface area (Å²) in [5.74, 6) is -0.108. The first-order chi connectivity index (χ1) is 13.8. The van der Waals surface area contributed by atoms with E-state index in [4.69, 9.17) is 9.57 Å². The maximum atomic E-state index is 12.0. The molecule has 1 atom stereocenters. The molecule has 1 fully saturated rings. The molecule has 2 aromatic carbocycles. The van der Waals surface area contributed by atoms with Crippen molar-refractivity contribution in [2.24, 2.45) is 11.1 Å². The van der Waals surface area contributed by atoms with E-state index < -0.39 is 0 Å². The van der Waals surface area contributed by atoms with Gasteiger partial charge in [-0.3, -0.25) is 9.69 Å². The molecule has 0 aromatic heterocycles. The molecule has 0 radical (unpaired) electrons. The van der Waals surface area contributed by atoms with Crippen LogP contribution in [0, 0.1) is 5.92 Å². The van der Waals surface area contributed by atoms with E-state index in [0.29, 0.717) is 13.2 Å². The average molecular weight is 380 g/mol. The van der Waals surface area contributed by atoms with Gasteiger partial charge in [0.1, 0.15) is 12.3 Å². The van der Waals surface area contributed by atoms with E-state index in [2.05, 4.69) is 10.1 Å². The van der Waals surface area contributed by atoms with Crippen LogP contribution in [0.3, 0.4) is 0 Å². The van der Waals surface area contributed by atoms with Gasteiger partial charge in [-0.15, -0.1) is 0 Å². The molecule has 5 heteroatoms. The zero-order chi connectivity index (χ0) is 19.6. The number of hydrogen-bond acceptors (Lipinski definition) is 5. The lowest BCUT2D eigenvalue weighted by atomic mass is 9.98. The largest absolute Gasteiger partial charge is 0.466 e. The minimum atomic E-state index is -0.0819. The standard InChI is InChI=1S/C23H28N2O3/c1-2-27-23(26)21-14-9-15-25(18-21)16-17-28-24-22(19-10-5-3-6-11-19)20-12-7-4-8-13-20/h3-8,10-13,21H,2,9,14-18H2,1H3. The number of benzene rings is 2. The lowest BCUT2D eigenvalue weighted by molar-refractivity contribution is -0.150. The summed E-state index contributed by atoms with van der Waals surface area (Å²) in [7, 11) is 0. The predicted octanol–water partition coefficient (Wildman–Crippen LogP) is 3.73. The lowest BCUT2D eigenvalue weighted by Gasteiger charge is -2.30. The number of nitrogens with zero attached hydrogens (tertiary/aromatic N) is 2. The van der Waals surface area contributed by atoms with Crippen LogP contribution in [-0.2, 0) is 14.4 Å². The molecule has 148 valence electrons. The molecule has 0 N–H and O–H groups in total. The molecule has 1 heterocycles. The molecule has 0 saturated carbocycles. The van der Waals surface area contributed by atoms with E-state index in [1.165, 1.54) is 0 Å². The highest BCUT2D eigenvalue weighted by Crippen LogP contribution is 2.18. The van der Waals surface area contributed by atoms with Crippen LogP contribution in [0.1, 0.15) is 30.9 Å². The Labute approximate surface area is 166 Å². The third-order valence-electron chi connectivity index (χ3n) is 4.87. The molecule has 0 aliphatic carbocycles. The molecule has 0 bridgehead atoms. The Morgan fingerprint density at radius 1 is 1.07 bits per heavy atom. The first-order valence-corrected chi connectivity index (χ1v) is 9.97.